The zero-order chi connectivity index (χ0) is 17.9. The number of fused-ring (bicyclic) bond motifs is 1. The first-order chi connectivity index (χ1) is 11.9. The molecule has 128 valence electrons. The lowest BCUT2D eigenvalue weighted by molar-refractivity contribution is -0.116. The molecule has 0 aromatic heterocycles. The molecule has 0 unspecified atom stereocenters. The Labute approximate surface area is 149 Å². The predicted molar refractivity (Wildman–Crippen MR) is 106 cm³/mol. The summed E-state index contributed by atoms with van der Waals surface area (Å²) in [7, 11) is 0. The Morgan fingerprint density at radius 3 is 2.24 bits per heavy atom. The van der Waals surface area contributed by atoms with Crippen LogP contribution in [0.1, 0.15) is 38.3 Å². The van der Waals surface area contributed by atoms with Crippen LogP contribution in [0.25, 0.3) is 10.8 Å². The van der Waals surface area contributed by atoms with E-state index in [0.717, 1.165) is 17.5 Å². The van der Waals surface area contributed by atoms with E-state index in [1.165, 1.54) is 16.5 Å². The van der Waals surface area contributed by atoms with Crippen molar-refractivity contribution in [1.29, 1.82) is 0 Å². The van der Waals surface area contributed by atoms with E-state index in [0.29, 0.717) is 6.42 Å². The number of nitrogens with one attached hydrogen (secondary N) is 1. The van der Waals surface area contributed by atoms with Crippen molar-refractivity contribution in [3.05, 3.63) is 77.9 Å². The standard InChI is InChI=1S/C23H25NO/c1-23(2,3)20-12-8-17(9-13-20)10-15-22(25)24-21-14-11-18-6-4-5-7-19(18)16-21/h4-9,11-14,16H,10,15H2,1-3H3,(H,24,25). The van der Waals surface area contributed by atoms with Gasteiger partial charge in [0, 0.05) is 12.1 Å². The van der Waals surface area contributed by atoms with Crippen molar-refractivity contribution in [2.24, 2.45) is 0 Å². The maximum Gasteiger partial charge on any atom is 0.224 e. The SMILES string of the molecule is CC(C)(C)c1ccc(CCC(=O)Nc2ccc3ccccc3c2)cc1. The zero-order valence-electron chi connectivity index (χ0n) is 15.2. The third-order valence-corrected chi connectivity index (χ3v) is 4.49. The summed E-state index contributed by atoms with van der Waals surface area (Å²) in [5.74, 6) is 0.0511. The monoisotopic (exact) mass is 331 g/mol. The fourth-order valence-electron chi connectivity index (χ4n) is 2.92. The van der Waals surface area contributed by atoms with Crippen LogP contribution in [-0.2, 0) is 16.6 Å². The summed E-state index contributed by atoms with van der Waals surface area (Å²) in [6, 6.07) is 22.8. The van der Waals surface area contributed by atoms with Gasteiger partial charge in [0.05, 0.1) is 0 Å². The fourth-order valence-corrected chi connectivity index (χ4v) is 2.92. The summed E-state index contributed by atoms with van der Waals surface area (Å²) in [6.07, 6.45) is 1.24. The number of benzene rings is 3. The van der Waals surface area contributed by atoms with Gasteiger partial charge in [0.2, 0.25) is 5.91 Å². The number of carbonyl (C=O) groups is 1. The highest BCUT2D eigenvalue weighted by atomic mass is 16.1. The molecular weight excluding hydrogens is 306 g/mol. The number of carbonyl (C=O) groups excluding carboxylic acids is 1. The highest BCUT2D eigenvalue weighted by Crippen LogP contribution is 2.23. The summed E-state index contributed by atoms with van der Waals surface area (Å²) >= 11 is 0. The minimum absolute atomic E-state index is 0.0511. The molecular formula is C23H25NO. The van der Waals surface area contributed by atoms with Crippen LogP contribution in [0.2, 0.25) is 0 Å². The Morgan fingerprint density at radius 2 is 1.56 bits per heavy atom. The quantitative estimate of drug-likeness (QED) is 0.652. The minimum Gasteiger partial charge on any atom is -0.326 e. The Morgan fingerprint density at radius 1 is 0.880 bits per heavy atom. The second-order valence-corrected chi connectivity index (χ2v) is 7.56. The predicted octanol–water partition coefficient (Wildman–Crippen LogP) is 5.71. The Kier molecular flexibility index (Phi) is 4.89. The van der Waals surface area contributed by atoms with Gasteiger partial charge in [-0.25, -0.2) is 0 Å². The molecule has 3 aromatic carbocycles. The number of hydrogen-bond acceptors (Lipinski definition) is 1. The maximum atomic E-state index is 12.2. The molecule has 0 aliphatic carbocycles. The topological polar surface area (TPSA) is 29.1 Å². The lowest BCUT2D eigenvalue weighted by atomic mass is 9.86. The van der Waals surface area contributed by atoms with Crippen molar-refractivity contribution < 1.29 is 4.79 Å². The maximum absolute atomic E-state index is 12.2. The van der Waals surface area contributed by atoms with Crippen LogP contribution >= 0.6 is 0 Å². The van der Waals surface area contributed by atoms with Gasteiger partial charge in [0.25, 0.3) is 0 Å². The van der Waals surface area contributed by atoms with Gasteiger partial charge in [-0.3, -0.25) is 4.79 Å². The van der Waals surface area contributed by atoms with Gasteiger partial charge in [-0.05, 0) is 45.9 Å². The summed E-state index contributed by atoms with van der Waals surface area (Å²) in [5, 5.41) is 5.32. The molecule has 0 spiro atoms. The molecule has 0 aliphatic rings. The summed E-state index contributed by atoms with van der Waals surface area (Å²) in [6.45, 7) is 6.62. The van der Waals surface area contributed by atoms with E-state index < -0.39 is 0 Å². The van der Waals surface area contributed by atoms with E-state index in [2.05, 4.69) is 62.5 Å². The number of hydrogen-bond donors (Lipinski definition) is 1. The van der Waals surface area contributed by atoms with Crippen LogP contribution < -0.4 is 5.32 Å². The fraction of sp³-hybridized carbons (Fsp3) is 0.261. The Bertz CT molecular complexity index is 872. The van der Waals surface area contributed by atoms with Gasteiger partial charge in [0.1, 0.15) is 0 Å². The summed E-state index contributed by atoms with van der Waals surface area (Å²) < 4.78 is 0. The van der Waals surface area contributed by atoms with Crippen LogP contribution in [0.3, 0.4) is 0 Å². The minimum atomic E-state index is 0.0511. The van der Waals surface area contributed by atoms with E-state index in [4.69, 9.17) is 0 Å². The first-order valence-electron chi connectivity index (χ1n) is 8.80. The lowest BCUT2D eigenvalue weighted by Crippen LogP contribution is -2.13. The molecule has 1 amide bonds. The van der Waals surface area contributed by atoms with Crippen molar-refractivity contribution >= 4 is 22.4 Å². The molecule has 0 saturated carbocycles. The first kappa shape index (κ1) is 17.2. The summed E-state index contributed by atoms with van der Waals surface area (Å²) in [4.78, 5) is 12.2. The molecule has 0 heterocycles. The third-order valence-electron chi connectivity index (χ3n) is 4.49. The molecule has 1 N–H and O–H groups in total. The number of amides is 1. The van der Waals surface area contributed by atoms with Crippen LogP contribution in [0.5, 0.6) is 0 Å². The smallest absolute Gasteiger partial charge is 0.224 e. The second kappa shape index (κ2) is 7.10. The van der Waals surface area contributed by atoms with Crippen molar-refractivity contribution in [3.8, 4) is 0 Å². The second-order valence-electron chi connectivity index (χ2n) is 7.56. The van der Waals surface area contributed by atoms with Crippen molar-refractivity contribution in [1.82, 2.24) is 0 Å². The van der Waals surface area contributed by atoms with Gasteiger partial charge in [-0.1, -0.05) is 75.4 Å². The molecule has 0 aliphatic heterocycles. The van der Waals surface area contributed by atoms with E-state index >= 15 is 0 Å². The molecule has 3 rings (SSSR count). The molecule has 0 atom stereocenters. The number of aryl methyl sites for hydroxylation is 1. The zero-order valence-corrected chi connectivity index (χ0v) is 15.2. The highest BCUT2D eigenvalue weighted by Gasteiger charge is 2.13. The first-order valence-corrected chi connectivity index (χ1v) is 8.80. The largest absolute Gasteiger partial charge is 0.326 e. The molecule has 25 heavy (non-hydrogen) atoms. The van der Waals surface area contributed by atoms with Crippen LogP contribution in [0.15, 0.2) is 66.7 Å². The molecule has 0 saturated heterocycles. The van der Waals surface area contributed by atoms with Gasteiger partial charge in [-0.2, -0.15) is 0 Å². The van der Waals surface area contributed by atoms with E-state index in [-0.39, 0.29) is 11.3 Å². The molecule has 2 heteroatoms. The van der Waals surface area contributed by atoms with Gasteiger partial charge < -0.3 is 5.32 Å². The highest BCUT2D eigenvalue weighted by molar-refractivity contribution is 5.94. The van der Waals surface area contributed by atoms with Crippen LogP contribution in [0.4, 0.5) is 5.69 Å². The average molecular weight is 331 g/mol. The van der Waals surface area contributed by atoms with Gasteiger partial charge >= 0.3 is 0 Å². The van der Waals surface area contributed by atoms with Crippen molar-refractivity contribution in [2.45, 2.75) is 39.0 Å². The lowest BCUT2D eigenvalue weighted by Gasteiger charge is -2.19. The van der Waals surface area contributed by atoms with Crippen molar-refractivity contribution in [3.63, 3.8) is 0 Å². The molecule has 0 bridgehead atoms. The number of rotatable bonds is 4. The third kappa shape index (κ3) is 4.48. The average Bonchev–Trinajstić information content (AvgIpc) is 2.59. The van der Waals surface area contributed by atoms with E-state index in [9.17, 15) is 4.79 Å². The van der Waals surface area contributed by atoms with Gasteiger partial charge in [0.15, 0.2) is 0 Å². The molecule has 0 radical (unpaired) electrons. The van der Waals surface area contributed by atoms with Gasteiger partial charge in [-0.15, -0.1) is 0 Å². The van der Waals surface area contributed by atoms with Crippen LogP contribution in [0, 0.1) is 0 Å². The normalized spacial score (nSPS) is 11.5. The molecule has 2 nitrogen and oxygen atoms in total. The number of anilines is 1. The van der Waals surface area contributed by atoms with Crippen molar-refractivity contribution in [2.75, 3.05) is 5.32 Å². The van der Waals surface area contributed by atoms with E-state index in [1.807, 2.05) is 30.3 Å². The Hall–Kier alpha value is -2.61. The molecule has 3 aromatic rings. The van der Waals surface area contributed by atoms with E-state index in [1.54, 1.807) is 0 Å². The van der Waals surface area contributed by atoms with Crippen LogP contribution in [-0.4, -0.2) is 5.91 Å². The summed E-state index contributed by atoms with van der Waals surface area (Å²) in [5.41, 5.74) is 3.52. The molecule has 0 fully saturated rings. The Balaban J connectivity index is 1.58.